The van der Waals surface area contributed by atoms with Crippen LogP contribution in [0.1, 0.15) is 38.6 Å². The van der Waals surface area contributed by atoms with Crippen LogP contribution in [-0.4, -0.2) is 17.1 Å². The Bertz CT molecular complexity index is 307. The van der Waals surface area contributed by atoms with Crippen molar-refractivity contribution in [3.8, 4) is 0 Å². The van der Waals surface area contributed by atoms with E-state index in [1.54, 1.807) is 11.3 Å². The Kier molecular flexibility index (Phi) is 2.86. The molecule has 0 saturated heterocycles. The Balaban J connectivity index is 1.86. The summed E-state index contributed by atoms with van der Waals surface area (Å²) in [5, 5.41) is 6.98. The fraction of sp³-hybridized carbons (Fsp3) is 0.750. The van der Waals surface area contributed by atoms with Crippen LogP contribution >= 0.6 is 11.3 Å². The molecule has 0 bridgehead atoms. The lowest BCUT2D eigenvalue weighted by atomic mass is 10.0. The van der Waals surface area contributed by atoms with Gasteiger partial charge in [-0.05, 0) is 39.0 Å². The van der Waals surface area contributed by atoms with Gasteiger partial charge in [-0.2, -0.15) is 0 Å². The predicted molar refractivity (Wildman–Crippen MR) is 65.2 cm³/mol. The molecule has 0 radical (unpaired) electrons. The van der Waals surface area contributed by atoms with Gasteiger partial charge in [0.25, 0.3) is 0 Å². The van der Waals surface area contributed by atoms with Crippen molar-refractivity contribution < 1.29 is 0 Å². The summed E-state index contributed by atoms with van der Waals surface area (Å²) < 4.78 is 0. The van der Waals surface area contributed by atoms with Gasteiger partial charge in [0, 0.05) is 30.1 Å². The molecule has 1 aromatic rings. The molecular formula is C12H20N2S. The molecule has 0 aliphatic heterocycles. The maximum absolute atomic E-state index is 4.38. The summed E-state index contributed by atoms with van der Waals surface area (Å²) in [5.74, 6) is 0. The number of rotatable bonds is 4. The lowest BCUT2D eigenvalue weighted by Crippen LogP contribution is -2.40. The minimum Gasteiger partial charge on any atom is -0.312 e. The van der Waals surface area contributed by atoms with E-state index in [0.29, 0.717) is 5.41 Å². The van der Waals surface area contributed by atoms with Crippen molar-refractivity contribution in [2.45, 2.75) is 45.6 Å². The van der Waals surface area contributed by atoms with Gasteiger partial charge in [-0.25, -0.2) is 4.98 Å². The zero-order chi connectivity index (χ0) is 10.9. The predicted octanol–water partition coefficient (Wildman–Crippen LogP) is 2.85. The smallest absolute Gasteiger partial charge is 0.0930 e. The molecule has 0 aromatic carbocycles. The highest BCUT2D eigenvalue weighted by Gasteiger charge is 2.43. The van der Waals surface area contributed by atoms with E-state index in [-0.39, 0.29) is 5.54 Å². The number of thiazole rings is 1. The van der Waals surface area contributed by atoms with E-state index in [9.17, 15) is 0 Å². The second-order valence-electron chi connectivity index (χ2n) is 5.71. The van der Waals surface area contributed by atoms with Crippen molar-refractivity contribution in [2.24, 2.45) is 5.41 Å². The average Bonchev–Trinajstić information content (AvgIpc) is 2.69. The quantitative estimate of drug-likeness (QED) is 0.850. The first-order valence-electron chi connectivity index (χ1n) is 5.63. The highest BCUT2D eigenvalue weighted by Crippen LogP contribution is 2.48. The topological polar surface area (TPSA) is 24.9 Å². The van der Waals surface area contributed by atoms with Crippen molar-refractivity contribution in [3.63, 3.8) is 0 Å². The molecule has 1 heterocycles. The van der Waals surface area contributed by atoms with Crippen molar-refractivity contribution in [3.05, 3.63) is 16.6 Å². The van der Waals surface area contributed by atoms with E-state index in [0.717, 1.165) is 13.0 Å². The number of hydrogen-bond donors (Lipinski definition) is 1. The van der Waals surface area contributed by atoms with E-state index < -0.39 is 0 Å². The molecule has 0 atom stereocenters. The first-order valence-corrected chi connectivity index (χ1v) is 6.51. The molecule has 1 fully saturated rings. The normalized spacial score (nSPS) is 19.1. The van der Waals surface area contributed by atoms with Crippen molar-refractivity contribution in [1.82, 2.24) is 10.3 Å². The minimum absolute atomic E-state index is 0.235. The standard InChI is InChI=1S/C12H20N2S/c1-11(2,3)14-9-12(4-5-12)8-10-13-6-7-15-10/h6-7,14H,4-5,8-9H2,1-3H3. The number of hydrogen-bond acceptors (Lipinski definition) is 3. The van der Waals surface area contributed by atoms with E-state index in [1.165, 1.54) is 17.8 Å². The van der Waals surface area contributed by atoms with Gasteiger partial charge in [0.15, 0.2) is 0 Å². The van der Waals surface area contributed by atoms with E-state index in [2.05, 4.69) is 36.5 Å². The first-order chi connectivity index (χ1) is 6.99. The third kappa shape index (κ3) is 3.28. The van der Waals surface area contributed by atoms with Gasteiger partial charge in [0.05, 0.1) is 5.01 Å². The van der Waals surface area contributed by atoms with Gasteiger partial charge in [0.1, 0.15) is 0 Å². The van der Waals surface area contributed by atoms with Gasteiger partial charge in [-0.3, -0.25) is 0 Å². The molecule has 0 unspecified atom stereocenters. The fourth-order valence-corrected chi connectivity index (χ4v) is 2.50. The van der Waals surface area contributed by atoms with E-state index >= 15 is 0 Å². The highest BCUT2D eigenvalue weighted by molar-refractivity contribution is 7.09. The second-order valence-corrected chi connectivity index (χ2v) is 6.69. The third-order valence-corrected chi connectivity index (χ3v) is 3.74. The largest absolute Gasteiger partial charge is 0.312 e. The van der Waals surface area contributed by atoms with E-state index in [1.807, 2.05) is 6.20 Å². The number of aromatic nitrogens is 1. The minimum atomic E-state index is 0.235. The van der Waals surface area contributed by atoms with Crippen LogP contribution in [0.2, 0.25) is 0 Å². The van der Waals surface area contributed by atoms with Gasteiger partial charge >= 0.3 is 0 Å². The van der Waals surface area contributed by atoms with Crippen molar-refractivity contribution in [2.75, 3.05) is 6.54 Å². The maximum atomic E-state index is 4.38. The Labute approximate surface area is 96.1 Å². The third-order valence-electron chi connectivity index (χ3n) is 2.96. The molecule has 1 aromatic heterocycles. The van der Waals surface area contributed by atoms with Crippen LogP contribution in [-0.2, 0) is 6.42 Å². The SMILES string of the molecule is CC(C)(C)NCC1(Cc2nccs2)CC1. The summed E-state index contributed by atoms with van der Waals surface area (Å²) in [6.45, 7) is 7.82. The molecule has 0 amide bonds. The highest BCUT2D eigenvalue weighted by atomic mass is 32.1. The summed E-state index contributed by atoms with van der Waals surface area (Å²) >= 11 is 1.78. The molecule has 3 heteroatoms. The Morgan fingerprint density at radius 3 is 2.67 bits per heavy atom. The van der Waals surface area contributed by atoms with Crippen LogP contribution in [0.25, 0.3) is 0 Å². The zero-order valence-electron chi connectivity index (χ0n) is 9.84. The van der Waals surface area contributed by atoms with E-state index in [4.69, 9.17) is 0 Å². The van der Waals surface area contributed by atoms with Gasteiger partial charge in [-0.1, -0.05) is 0 Å². The molecule has 1 aliphatic rings. The first kappa shape index (κ1) is 11.1. The average molecular weight is 224 g/mol. The molecule has 15 heavy (non-hydrogen) atoms. The van der Waals surface area contributed by atoms with Crippen molar-refractivity contribution in [1.29, 1.82) is 0 Å². The summed E-state index contributed by atoms with van der Waals surface area (Å²) in [7, 11) is 0. The van der Waals surface area contributed by atoms with Crippen LogP contribution in [0.3, 0.4) is 0 Å². The molecule has 84 valence electrons. The Morgan fingerprint density at radius 1 is 1.47 bits per heavy atom. The maximum Gasteiger partial charge on any atom is 0.0930 e. The van der Waals surface area contributed by atoms with Gasteiger partial charge in [-0.15, -0.1) is 11.3 Å². The Morgan fingerprint density at radius 2 is 2.20 bits per heavy atom. The van der Waals surface area contributed by atoms with Crippen LogP contribution < -0.4 is 5.32 Å². The molecule has 1 N–H and O–H groups in total. The monoisotopic (exact) mass is 224 g/mol. The second kappa shape index (κ2) is 3.87. The molecule has 2 nitrogen and oxygen atoms in total. The number of nitrogens with zero attached hydrogens (tertiary/aromatic N) is 1. The van der Waals surface area contributed by atoms with Crippen LogP contribution in [0.15, 0.2) is 11.6 Å². The van der Waals surface area contributed by atoms with Crippen LogP contribution in [0, 0.1) is 5.41 Å². The van der Waals surface area contributed by atoms with Gasteiger partial charge < -0.3 is 5.32 Å². The zero-order valence-corrected chi connectivity index (χ0v) is 10.7. The lowest BCUT2D eigenvalue weighted by Gasteiger charge is -2.24. The molecule has 2 rings (SSSR count). The molecular weight excluding hydrogens is 204 g/mol. The lowest BCUT2D eigenvalue weighted by molar-refractivity contribution is 0.356. The summed E-state index contributed by atoms with van der Waals surface area (Å²) in [5.41, 5.74) is 0.754. The summed E-state index contributed by atoms with van der Waals surface area (Å²) in [6, 6.07) is 0. The molecule has 0 spiro atoms. The molecule has 1 aliphatic carbocycles. The van der Waals surface area contributed by atoms with Crippen LogP contribution in [0.5, 0.6) is 0 Å². The fourth-order valence-electron chi connectivity index (χ4n) is 1.71. The van der Waals surface area contributed by atoms with Crippen molar-refractivity contribution >= 4 is 11.3 Å². The Hall–Kier alpha value is -0.410. The molecule has 1 saturated carbocycles. The summed E-state index contributed by atoms with van der Waals surface area (Å²) in [6.07, 6.45) is 5.78. The summed E-state index contributed by atoms with van der Waals surface area (Å²) in [4.78, 5) is 4.38. The van der Waals surface area contributed by atoms with Crippen LogP contribution in [0.4, 0.5) is 0 Å². The van der Waals surface area contributed by atoms with Gasteiger partial charge in [0.2, 0.25) is 0 Å². The number of nitrogens with one attached hydrogen (secondary N) is 1.